The molecule has 0 saturated carbocycles. The second-order valence-corrected chi connectivity index (χ2v) is 6.83. The first kappa shape index (κ1) is 18.2. The summed E-state index contributed by atoms with van der Waals surface area (Å²) in [5, 5.41) is 0. The number of aryl methyl sites for hydroxylation is 1. The number of carbonyl (C=O) groups excluding carboxylic acids is 1. The average Bonchev–Trinajstić information content (AvgIpc) is 2.72. The Kier molecular flexibility index (Phi) is 6.48. The van der Waals surface area contributed by atoms with Crippen LogP contribution in [-0.4, -0.2) is 37.0 Å². The van der Waals surface area contributed by atoms with E-state index in [1.807, 2.05) is 17.0 Å². The van der Waals surface area contributed by atoms with Gasteiger partial charge in [0.25, 0.3) is 0 Å². The molecule has 0 aliphatic carbocycles. The monoisotopic (exact) mass is 348 g/mol. The van der Waals surface area contributed by atoms with Gasteiger partial charge in [-0.1, -0.05) is 55.8 Å². The maximum Gasteiger partial charge on any atom is 0.246 e. The molecule has 136 valence electrons. The molecule has 0 N–H and O–H groups in total. The number of rotatable bonds is 6. The lowest BCUT2D eigenvalue weighted by molar-refractivity contribution is -0.126. The summed E-state index contributed by atoms with van der Waals surface area (Å²) in [6.45, 7) is 5.52. The summed E-state index contributed by atoms with van der Waals surface area (Å²) in [6, 6.07) is 18.9. The fourth-order valence-electron chi connectivity index (χ4n) is 3.27. The lowest BCUT2D eigenvalue weighted by Crippen LogP contribution is -2.48. The van der Waals surface area contributed by atoms with Gasteiger partial charge >= 0.3 is 0 Å². The van der Waals surface area contributed by atoms with Gasteiger partial charge in [-0.3, -0.25) is 4.79 Å². The van der Waals surface area contributed by atoms with Crippen molar-refractivity contribution in [1.82, 2.24) is 4.90 Å². The molecule has 1 amide bonds. The molecule has 3 rings (SSSR count). The van der Waals surface area contributed by atoms with E-state index in [4.69, 9.17) is 0 Å². The number of carbonyl (C=O) groups is 1. The van der Waals surface area contributed by atoms with Crippen LogP contribution in [0.15, 0.2) is 60.7 Å². The van der Waals surface area contributed by atoms with Crippen LogP contribution in [0, 0.1) is 0 Å². The Morgan fingerprint density at radius 1 is 0.962 bits per heavy atom. The van der Waals surface area contributed by atoms with E-state index in [0.717, 1.165) is 38.2 Å². The molecule has 1 heterocycles. The predicted molar refractivity (Wildman–Crippen MR) is 109 cm³/mol. The molecular formula is C23H28N2O. The van der Waals surface area contributed by atoms with Gasteiger partial charge < -0.3 is 9.80 Å². The first-order valence-corrected chi connectivity index (χ1v) is 9.62. The standard InChI is InChI=1S/C23H28N2O/c1-2-3-7-20-10-12-21(13-11-20)14-15-23(26)25-18-16-24(17-19-25)22-8-5-4-6-9-22/h4-6,8-15H,2-3,7,16-19H2,1H3/b15-14+. The zero-order valence-electron chi connectivity index (χ0n) is 15.6. The molecule has 0 spiro atoms. The van der Waals surface area contributed by atoms with E-state index in [2.05, 4.69) is 60.4 Å². The topological polar surface area (TPSA) is 23.6 Å². The van der Waals surface area contributed by atoms with Crippen molar-refractivity contribution in [3.8, 4) is 0 Å². The number of piperazine rings is 1. The van der Waals surface area contributed by atoms with Crippen molar-refractivity contribution in [1.29, 1.82) is 0 Å². The van der Waals surface area contributed by atoms with E-state index < -0.39 is 0 Å². The third-order valence-corrected chi connectivity index (χ3v) is 4.93. The van der Waals surface area contributed by atoms with Crippen LogP contribution in [0.5, 0.6) is 0 Å². The van der Waals surface area contributed by atoms with Crippen molar-refractivity contribution in [2.24, 2.45) is 0 Å². The van der Waals surface area contributed by atoms with Gasteiger partial charge in [-0.2, -0.15) is 0 Å². The van der Waals surface area contributed by atoms with Crippen LogP contribution < -0.4 is 4.90 Å². The van der Waals surface area contributed by atoms with Gasteiger partial charge in [-0.05, 0) is 42.2 Å². The Labute approximate surface area is 156 Å². The van der Waals surface area contributed by atoms with Crippen molar-refractivity contribution in [2.75, 3.05) is 31.1 Å². The Hall–Kier alpha value is -2.55. The zero-order chi connectivity index (χ0) is 18.2. The average molecular weight is 348 g/mol. The first-order valence-electron chi connectivity index (χ1n) is 9.62. The van der Waals surface area contributed by atoms with Crippen LogP contribution in [0.4, 0.5) is 5.69 Å². The Bertz CT molecular complexity index is 714. The van der Waals surface area contributed by atoms with Gasteiger partial charge in [0.05, 0.1) is 0 Å². The maximum atomic E-state index is 12.4. The summed E-state index contributed by atoms with van der Waals surface area (Å²) < 4.78 is 0. The minimum atomic E-state index is 0.104. The van der Waals surface area contributed by atoms with E-state index in [1.54, 1.807) is 6.08 Å². The number of amides is 1. The second kappa shape index (κ2) is 9.23. The lowest BCUT2D eigenvalue weighted by atomic mass is 10.1. The highest BCUT2D eigenvalue weighted by molar-refractivity contribution is 5.92. The van der Waals surface area contributed by atoms with Crippen LogP contribution >= 0.6 is 0 Å². The molecule has 3 heteroatoms. The molecule has 1 aliphatic heterocycles. The fourth-order valence-corrected chi connectivity index (χ4v) is 3.27. The van der Waals surface area contributed by atoms with E-state index in [9.17, 15) is 4.79 Å². The van der Waals surface area contributed by atoms with Gasteiger partial charge in [-0.25, -0.2) is 0 Å². The minimum Gasteiger partial charge on any atom is -0.368 e. The molecule has 26 heavy (non-hydrogen) atoms. The molecule has 0 unspecified atom stereocenters. The molecule has 1 saturated heterocycles. The quantitative estimate of drug-likeness (QED) is 0.723. The Morgan fingerprint density at radius 3 is 2.31 bits per heavy atom. The van der Waals surface area contributed by atoms with Gasteiger partial charge in [0.1, 0.15) is 0 Å². The summed E-state index contributed by atoms with van der Waals surface area (Å²) in [5.74, 6) is 0.104. The molecule has 2 aromatic carbocycles. The van der Waals surface area contributed by atoms with Crippen molar-refractivity contribution in [3.63, 3.8) is 0 Å². The number of hydrogen-bond acceptors (Lipinski definition) is 2. The number of anilines is 1. The highest BCUT2D eigenvalue weighted by atomic mass is 16.2. The smallest absolute Gasteiger partial charge is 0.246 e. The molecule has 0 atom stereocenters. The first-order chi connectivity index (χ1) is 12.8. The largest absolute Gasteiger partial charge is 0.368 e. The molecule has 1 aliphatic rings. The summed E-state index contributed by atoms with van der Waals surface area (Å²) in [5.41, 5.74) is 3.69. The van der Waals surface area contributed by atoms with Crippen LogP contribution in [0.25, 0.3) is 6.08 Å². The summed E-state index contributed by atoms with van der Waals surface area (Å²) in [7, 11) is 0. The minimum absolute atomic E-state index is 0.104. The molecule has 2 aromatic rings. The number of benzene rings is 2. The van der Waals surface area contributed by atoms with Crippen molar-refractivity contribution in [3.05, 3.63) is 71.8 Å². The highest BCUT2D eigenvalue weighted by Crippen LogP contribution is 2.16. The summed E-state index contributed by atoms with van der Waals surface area (Å²) >= 11 is 0. The van der Waals surface area contributed by atoms with Crippen molar-refractivity contribution >= 4 is 17.7 Å². The van der Waals surface area contributed by atoms with E-state index in [-0.39, 0.29) is 5.91 Å². The van der Waals surface area contributed by atoms with Crippen LogP contribution in [0.3, 0.4) is 0 Å². The SMILES string of the molecule is CCCCc1ccc(/C=C/C(=O)N2CCN(c3ccccc3)CC2)cc1. The summed E-state index contributed by atoms with van der Waals surface area (Å²) in [6.07, 6.45) is 7.20. The fraction of sp³-hybridized carbons (Fsp3) is 0.348. The number of para-hydroxylation sites is 1. The molecule has 3 nitrogen and oxygen atoms in total. The Morgan fingerprint density at radius 2 is 1.65 bits per heavy atom. The number of nitrogens with zero attached hydrogens (tertiary/aromatic N) is 2. The highest BCUT2D eigenvalue weighted by Gasteiger charge is 2.19. The van der Waals surface area contributed by atoms with Crippen LogP contribution in [-0.2, 0) is 11.2 Å². The third kappa shape index (κ3) is 4.98. The predicted octanol–water partition coefficient (Wildman–Crippen LogP) is 4.39. The normalized spacial score (nSPS) is 14.8. The molecule has 0 aromatic heterocycles. The molecule has 0 radical (unpaired) electrons. The molecule has 1 fully saturated rings. The van der Waals surface area contributed by atoms with Crippen LogP contribution in [0.1, 0.15) is 30.9 Å². The Balaban J connectivity index is 1.50. The van der Waals surface area contributed by atoms with Crippen LogP contribution in [0.2, 0.25) is 0 Å². The molecule has 0 bridgehead atoms. The molecular weight excluding hydrogens is 320 g/mol. The maximum absolute atomic E-state index is 12.4. The van der Waals surface area contributed by atoms with Gasteiger partial charge in [-0.15, -0.1) is 0 Å². The third-order valence-electron chi connectivity index (χ3n) is 4.93. The van der Waals surface area contributed by atoms with Gasteiger partial charge in [0.2, 0.25) is 5.91 Å². The second-order valence-electron chi connectivity index (χ2n) is 6.83. The summed E-state index contributed by atoms with van der Waals surface area (Å²) in [4.78, 5) is 16.7. The van der Waals surface area contributed by atoms with Crippen molar-refractivity contribution < 1.29 is 4.79 Å². The van der Waals surface area contributed by atoms with E-state index in [0.29, 0.717) is 0 Å². The zero-order valence-corrected chi connectivity index (χ0v) is 15.6. The number of hydrogen-bond donors (Lipinski definition) is 0. The van der Waals surface area contributed by atoms with Gasteiger partial charge in [0, 0.05) is 37.9 Å². The van der Waals surface area contributed by atoms with Gasteiger partial charge in [0.15, 0.2) is 0 Å². The van der Waals surface area contributed by atoms with Crippen molar-refractivity contribution in [2.45, 2.75) is 26.2 Å². The van der Waals surface area contributed by atoms with E-state index >= 15 is 0 Å². The van der Waals surface area contributed by atoms with E-state index in [1.165, 1.54) is 24.1 Å². The number of unbranched alkanes of at least 4 members (excludes halogenated alkanes) is 1. The lowest BCUT2D eigenvalue weighted by Gasteiger charge is -2.35.